The fraction of sp³-hybridized carbons (Fsp3) is 0.316. The van der Waals surface area contributed by atoms with Gasteiger partial charge in [0, 0.05) is 36.9 Å². The monoisotopic (exact) mass is 373 g/mol. The predicted octanol–water partition coefficient (Wildman–Crippen LogP) is 2.92. The highest BCUT2D eigenvalue weighted by Gasteiger charge is 2.20. The highest BCUT2D eigenvalue weighted by atomic mass is 35.5. The molecule has 1 saturated heterocycles. The van der Waals surface area contributed by atoms with E-state index in [1.54, 1.807) is 30.1 Å². The van der Waals surface area contributed by atoms with Crippen molar-refractivity contribution < 1.29 is 9.59 Å². The molecule has 0 bridgehead atoms. The minimum absolute atomic E-state index is 0.0698. The molecule has 0 radical (unpaired) electrons. The first-order chi connectivity index (χ1) is 12.5. The highest BCUT2D eigenvalue weighted by molar-refractivity contribution is 6.31. The number of hydrogen-bond acceptors (Lipinski definition) is 3. The zero-order chi connectivity index (χ0) is 18.7. The molecule has 0 spiro atoms. The molecule has 26 heavy (non-hydrogen) atoms. The van der Waals surface area contributed by atoms with E-state index in [0.717, 1.165) is 19.3 Å². The van der Waals surface area contributed by atoms with Gasteiger partial charge in [-0.3, -0.25) is 14.4 Å². The number of carbonyl (C=O) groups is 2. The van der Waals surface area contributed by atoms with Crippen molar-refractivity contribution in [2.45, 2.75) is 19.3 Å². The van der Waals surface area contributed by atoms with Gasteiger partial charge in [-0.15, -0.1) is 0 Å². The number of carbonyl (C=O) groups excluding carboxylic acids is 2. The fourth-order valence-corrected chi connectivity index (χ4v) is 3.21. The van der Waals surface area contributed by atoms with E-state index in [2.05, 4.69) is 5.32 Å². The maximum atomic E-state index is 12.7. The minimum atomic E-state index is -0.452. The number of benzene rings is 1. The molecule has 1 fully saturated rings. The Kier molecular flexibility index (Phi) is 5.42. The van der Waals surface area contributed by atoms with Gasteiger partial charge in [0.2, 0.25) is 0 Å². The normalized spacial score (nSPS) is 14.2. The Morgan fingerprint density at radius 1 is 1.08 bits per heavy atom. The van der Waals surface area contributed by atoms with Gasteiger partial charge in [-0.05, 0) is 43.5 Å². The zero-order valence-corrected chi connectivity index (χ0v) is 15.3. The van der Waals surface area contributed by atoms with Gasteiger partial charge in [-0.2, -0.15) is 0 Å². The van der Waals surface area contributed by atoms with Gasteiger partial charge in [-0.25, -0.2) is 0 Å². The summed E-state index contributed by atoms with van der Waals surface area (Å²) < 4.78 is 1.31. The van der Waals surface area contributed by atoms with Crippen LogP contribution in [0.25, 0.3) is 0 Å². The number of piperidine rings is 1. The van der Waals surface area contributed by atoms with Crippen LogP contribution < -0.4 is 10.9 Å². The summed E-state index contributed by atoms with van der Waals surface area (Å²) in [7, 11) is 1.56. The lowest BCUT2D eigenvalue weighted by atomic mass is 10.1. The first-order valence-corrected chi connectivity index (χ1v) is 8.90. The third kappa shape index (κ3) is 3.96. The van der Waals surface area contributed by atoms with E-state index in [4.69, 9.17) is 11.6 Å². The molecular weight excluding hydrogens is 354 g/mol. The Labute approximate surface area is 156 Å². The summed E-state index contributed by atoms with van der Waals surface area (Å²) in [5, 5.41) is 3.02. The first-order valence-electron chi connectivity index (χ1n) is 8.52. The number of likely N-dealkylation sites (tertiary alicyclic amines) is 1. The number of nitrogens with one attached hydrogen (secondary N) is 1. The van der Waals surface area contributed by atoms with Gasteiger partial charge in [0.25, 0.3) is 17.4 Å². The molecule has 0 saturated carbocycles. The molecule has 1 aromatic heterocycles. The van der Waals surface area contributed by atoms with E-state index in [1.165, 1.54) is 22.9 Å². The van der Waals surface area contributed by atoms with Gasteiger partial charge in [0.15, 0.2) is 0 Å². The zero-order valence-electron chi connectivity index (χ0n) is 14.5. The Hall–Kier alpha value is -2.60. The summed E-state index contributed by atoms with van der Waals surface area (Å²) in [6.45, 7) is 1.43. The van der Waals surface area contributed by atoms with E-state index in [1.807, 2.05) is 0 Å². The quantitative estimate of drug-likeness (QED) is 0.899. The van der Waals surface area contributed by atoms with Crippen molar-refractivity contribution in [1.82, 2.24) is 9.47 Å². The molecule has 2 aromatic rings. The second kappa shape index (κ2) is 7.74. The average molecular weight is 374 g/mol. The summed E-state index contributed by atoms with van der Waals surface area (Å²) >= 11 is 5.91. The van der Waals surface area contributed by atoms with Crippen molar-refractivity contribution in [1.29, 1.82) is 0 Å². The third-order valence-electron chi connectivity index (χ3n) is 4.41. The average Bonchev–Trinajstić information content (AvgIpc) is 2.65. The van der Waals surface area contributed by atoms with Crippen LogP contribution in [-0.2, 0) is 7.05 Å². The lowest BCUT2D eigenvalue weighted by molar-refractivity contribution is 0.0723. The third-order valence-corrected chi connectivity index (χ3v) is 4.64. The summed E-state index contributed by atoms with van der Waals surface area (Å²) in [6, 6.07) is 7.89. The molecule has 0 aliphatic carbocycles. The lowest BCUT2D eigenvalue weighted by Crippen LogP contribution is -2.36. The molecular formula is C19H20ClN3O3. The van der Waals surface area contributed by atoms with Crippen LogP contribution in [0.1, 0.15) is 40.0 Å². The van der Waals surface area contributed by atoms with Crippen molar-refractivity contribution in [3.8, 4) is 0 Å². The number of aryl methyl sites for hydroxylation is 1. The number of amides is 2. The largest absolute Gasteiger partial charge is 0.339 e. The maximum Gasteiger partial charge on any atom is 0.274 e. The predicted molar refractivity (Wildman–Crippen MR) is 101 cm³/mol. The number of pyridine rings is 1. The SMILES string of the molecule is Cn1cc(C(=O)N2CCCCC2)cc(NC(=O)c2cccc(Cl)c2)c1=O. The molecule has 2 heterocycles. The molecule has 0 atom stereocenters. The number of anilines is 1. The molecule has 2 amide bonds. The number of nitrogens with zero attached hydrogens (tertiary/aromatic N) is 2. The number of rotatable bonds is 3. The molecule has 1 aliphatic heterocycles. The van der Waals surface area contributed by atoms with Crippen LogP contribution in [0.4, 0.5) is 5.69 Å². The summed E-state index contributed by atoms with van der Waals surface area (Å²) in [5.41, 5.74) is 0.415. The van der Waals surface area contributed by atoms with E-state index in [-0.39, 0.29) is 17.2 Å². The van der Waals surface area contributed by atoms with Gasteiger partial charge >= 0.3 is 0 Å². The van der Waals surface area contributed by atoms with E-state index < -0.39 is 5.91 Å². The number of hydrogen-bond donors (Lipinski definition) is 1. The van der Waals surface area contributed by atoms with Crippen LogP contribution in [0.15, 0.2) is 41.3 Å². The smallest absolute Gasteiger partial charge is 0.274 e. The molecule has 1 aliphatic rings. The standard InChI is InChI=1S/C19H20ClN3O3/c1-22-12-14(18(25)23-8-3-2-4-9-23)11-16(19(22)26)21-17(24)13-6-5-7-15(20)10-13/h5-7,10-12H,2-4,8-9H2,1H3,(H,21,24). The highest BCUT2D eigenvalue weighted by Crippen LogP contribution is 2.16. The molecule has 1 aromatic carbocycles. The Balaban J connectivity index is 1.87. The topological polar surface area (TPSA) is 71.4 Å². The van der Waals surface area contributed by atoms with E-state index in [9.17, 15) is 14.4 Å². The van der Waals surface area contributed by atoms with Gasteiger partial charge in [0.05, 0.1) is 5.56 Å². The van der Waals surface area contributed by atoms with Crippen LogP contribution in [0, 0.1) is 0 Å². The first kappa shape index (κ1) is 18.2. The van der Waals surface area contributed by atoms with Gasteiger partial charge < -0.3 is 14.8 Å². The van der Waals surface area contributed by atoms with Crippen molar-refractivity contribution in [3.05, 3.63) is 63.0 Å². The molecule has 1 N–H and O–H groups in total. The molecule has 6 nitrogen and oxygen atoms in total. The van der Waals surface area contributed by atoms with Crippen molar-refractivity contribution in [2.24, 2.45) is 7.05 Å². The Bertz CT molecular complexity index is 901. The van der Waals surface area contributed by atoms with Crippen molar-refractivity contribution >= 4 is 29.1 Å². The molecule has 0 unspecified atom stereocenters. The molecule has 136 valence electrons. The van der Waals surface area contributed by atoms with Crippen LogP contribution in [0.3, 0.4) is 0 Å². The maximum absolute atomic E-state index is 12.7. The summed E-state index contributed by atoms with van der Waals surface area (Å²) in [4.78, 5) is 39.2. The second-order valence-electron chi connectivity index (χ2n) is 6.38. The molecule has 3 rings (SSSR count). The lowest BCUT2D eigenvalue weighted by Gasteiger charge is -2.27. The second-order valence-corrected chi connectivity index (χ2v) is 6.81. The Morgan fingerprint density at radius 3 is 2.50 bits per heavy atom. The summed E-state index contributed by atoms with van der Waals surface area (Å²) in [6.07, 6.45) is 4.60. The van der Waals surface area contributed by atoms with Crippen LogP contribution in [-0.4, -0.2) is 34.4 Å². The summed E-state index contributed by atoms with van der Waals surface area (Å²) in [5.74, 6) is -0.578. The van der Waals surface area contributed by atoms with E-state index in [0.29, 0.717) is 29.2 Å². The van der Waals surface area contributed by atoms with Crippen LogP contribution >= 0.6 is 11.6 Å². The molecule has 7 heteroatoms. The fourth-order valence-electron chi connectivity index (χ4n) is 3.02. The minimum Gasteiger partial charge on any atom is -0.339 e. The Morgan fingerprint density at radius 2 is 1.81 bits per heavy atom. The van der Waals surface area contributed by atoms with E-state index >= 15 is 0 Å². The van der Waals surface area contributed by atoms with Gasteiger partial charge in [-0.1, -0.05) is 17.7 Å². The van der Waals surface area contributed by atoms with Crippen molar-refractivity contribution in [2.75, 3.05) is 18.4 Å². The van der Waals surface area contributed by atoms with Crippen LogP contribution in [0.2, 0.25) is 5.02 Å². The van der Waals surface area contributed by atoms with Gasteiger partial charge in [0.1, 0.15) is 5.69 Å². The number of halogens is 1. The van der Waals surface area contributed by atoms with Crippen LogP contribution in [0.5, 0.6) is 0 Å². The van der Waals surface area contributed by atoms with Crippen molar-refractivity contribution in [3.63, 3.8) is 0 Å². The number of aromatic nitrogens is 1.